The van der Waals surface area contributed by atoms with Gasteiger partial charge in [-0.15, -0.1) is 0 Å². The predicted molar refractivity (Wildman–Crippen MR) is 74.0 cm³/mol. The zero-order valence-electron chi connectivity index (χ0n) is 11.1. The topological polar surface area (TPSA) is 21.3 Å². The van der Waals surface area contributed by atoms with Gasteiger partial charge in [0.25, 0.3) is 0 Å². The molecule has 0 aromatic heterocycles. The Hall–Kier alpha value is -0.730. The smallest absolute Gasteiger partial charge is 0.122 e. The Bertz CT molecular complexity index is 363. The maximum atomic E-state index is 6.02. The molecule has 0 amide bonds. The number of aryl methyl sites for hydroxylation is 1. The van der Waals surface area contributed by atoms with E-state index in [-0.39, 0.29) is 5.41 Å². The lowest BCUT2D eigenvalue weighted by Gasteiger charge is -2.24. The molecular formula is C14H22ClNO. The van der Waals surface area contributed by atoms with E-state index in [1.165, 1.54) is 5.56 Å². The molecule has 0 saturated heterocycles. The van der Waals surface area contributed by atoms with E-state index in [2.05, 4.69) is 19.2 Å². The van der Waals surface area contributed by atoms with Gasteiger partial charge in [-0.2, -0.15) is 0 Å². The van der Waals surface area contributed by atoms with E-state index in [1.807, 2.05) is 25.2 Å². The van der Waals surface area contributed by atoms with Crippen LogP contribution in [0.4, 0.5) is 0 Å². The molecule has 0 saturated carbocycles. The summed E-state index contributed by atoms with van der Waals surface area (Å²) < 4.78 is 5.35. The third-order valence-corrected chi connectivity index (χ3v) is 3.20. The van der Waals surface area contributed by atoms with Gasteiger partial charge in [-0.3, -0.25) is 0 Å². The third-order valence-electron chi connectivity index (χ3n) is 2.97. The Kier molecular flexibility index (Phi) is 5.29. The third kappa shape index (κ3) is 4.57. The van der Waals surface area contributed by atoms with Gasteiger partial charge in [-0.05, 0) is 55.6 Å². The van der Waals surface area contributed by atoms with Crippen molar-refractivity contribution in [3.8, 4) is 5.75 Å². The number of benzene rings is 1. The molecule has 2 nitrogen and oxygen atoms in total. The van der Waals surface area contributed by atoms with Crippen LogP contribution in [0.15, 0.2) is 18.2 Å². The number of ether oxygens (including phenoxy) is 1. The zero-order valence-corrected chi connectivity index (χ0v) is 11.9. The molecule has 0 aliphatic rings. The number of methoxy groups -OCH3 is 1. The molecule has 0 radical (unpaired) electrons. The molecule has 0 fully saturated rings. The molecule has 0 atom stereocenters. The van der Waals surface area contributed by atoms with E-state index in [0.717, 1.165) is 30.2 Å². The Morgan fingerprint density at radius 3 is 2.65 bits per heavy atom. The van der Waals surface area contributed by atoms with Crippen molar-refractivity contribution in [2.24, 2.45) is 5.41 Å². The number of hydrogen-bond acceptors (Lipinski definition) is 2. The average molecular weight is 256 g/mol. The second-order valence-corrected chi connectivity index (χ2v) is 5.59. The van der Waals surface area contributed by atoms with Gasteiger partial charge in [0.2, 0.25) is 0 Å². The van der Waals surface area contributed by atoms with Crippen LogP contribution in [-0.4, -0.2) is 20.7 Å². The molecule has 1 aromatic carbocycles. The Morgan fingerprint density at radius 2 is 2.06 bits per heavy atom. The number of nitrogens with one attached hydrogen (secondary N) is 1. The Balaban J connectivity index is 2.71. The van der Waals surface area contributed by atoms with Gasteiger partial charge in [0.1, 0.15) is 5.75 Å². The van der Waals surface area contributed by atoms with Gasteiger partial charge < -0.3 is 10.1 Å². The highest BCUT2D eigenvalue weighted by atomic mass is 35.5. The lowest BCUT2D eigenvalue weighted by Crippen LogP contribution is -2.27. The fourth-order valence-electron chi connectivity index (χ4n) is 1.98. The highest BCUT2D eigenvalue weighted by Crippen LogP contribution is 2.28. The minimum absolute atomic E-state index is 0.280. The van der Waals surface area contributed by atoms with Crippen LogP contribution in [-0.2, 0) is 6.42 Å². The van der Waals surface area contributed by atoms with Crippen molar-refractivity contribution in [1.82, 2.24) is 5.32 Å². The van der Waals surface area contributed by atoms with Crippen molar-refractivity contribution in [3.05, 3.63) is 28.8 Å². The van der Waals surface area contributed by atoms with E-state index in [1.54, 1.807) is 7.11 Å². The predicted octanol–water partition coefficient (Wildman–Crippen LogP) is 3.53. The average Bonchev–Trinajstić information content (AvgIpc) is 2.27. The summed E-state index contributed by atoms with van der Waals surface area (Å²) in [5.41, 5.74) is 1.46. The van der Waals surface area contributed by atoms with Gasteiger partial charge in [-0.1, -0.05) is 25.4 Å². The first-order valence-electron chi connectivity index (χ1n) is 5.95. The van der Waals surface area contributed by atoms with Crippen molar-refractivity contribution in [1.29, 1.82) is 0 Å². The molecule has 1 aromatic rings. The normalized spacial score (nSPS) is 11.6. The number of hydrogen-bond donors (Lipinski definition) is 1. The van der Waals surface area contributed by atoms with Crippen LogP contribution in [0.25, 0.3) is 0 Å². The standard InChI is InChI=1S/C14H22ClNO/c1-14(2,10-16-3)8-7-11-9-12(15)5-6-13(11)17-4/h5-6,9,16H,7-8,10H2,1-4H3. The SMILES string of the molecule is CNCC(C)(C)CCc1cc(Cl)ccc1OC. The summed E-state index contributed by atoms with van der Waals surface area (Å²) in [4.78, 5) is 0. The summed E-state index contributed by atoms with van der Waals surface area (Å²) in [5.74, 6) is 0.926. The number of halogens is 1. The Morgan fingerprint density at radius 1 is 1.35 bits per heavy atom. The van der Waals surface area contributed by atoms with Gasteiger partial charge in [0, 0.05) is 5.02 Å². The molecule has 0 aliphatic carbocycles. The van der Waals surface area contributed by atoms with E-state index in [0.29, 0.717) is 0 Å². The van der Waals surface area contributed by atoms with Gasteiger partial charge in [0.15, 0.2) is 0 Å². The van der Waals surface area contributed by atoms with E-state index >= 15 is 0 Å². The molecular weight excluding hydrogens is 234 g/mol. The van der Waals surface area contributed by atoms with Crippen LogP contribution in [0.2, 0.25) is 5.02 Å². The molecule has 1 N–H and O–H groups in total. The van der Waals surface area contributed by atoms with Crippen LogP contribution in [0.1, 0.15) is 25.8 Å². The maximum absolute atomic E-state index is 6.02. The first kappa shape index (κ1) is 14.3. The minimum atomic E-state index is 0.280. The molecule has 0 spiro atoms. The summed E-state index contributed by atoms with van der Waals surface area (Å²) in [6, 6.07) is 5.79. The van der Waals surface area contributed by atoms with Crippen LogP contribution < -0.4 is 10.1 Å². The molecule has 3 heteroatoms. The first-order chi connectivity index (χ1) is 7.98. The highest BCUT2D eigenvalue weighted by molar-refractivity contribution is 6.30. The fourth-order valence-corrected chi connectivity index (χ4v) is 2.18. The zero-order chi connectivity index (χ0) is 12.9. The summed E-state index contributed by atoms with van der Waals surface area (Å²) in [6.07, 6.45) is 2.09. The van der Waals surface area contributed by atoms with Crippen molar-refractivity contribution in [3.63, 3.8) is 0 Å². The number of rotatable bonds is 6. The molecule has 17 heavy (non-hydrogen) atoms. The van der Waals surface area contributed by atoms with Crippen LogP contribution in [0.3, 0.4) is 0 Å². The second kappa shape index (κ2) is 6.27. The lowest BCUT2D eigenvalue weighted by atomic mass is 9.86. The quantitative estimate of drug-likeness (QED) is 0.840. The van der Waals surface area contributed by atoms with Gasteiger partial charge >= 0.3 is 0 Å². The lowest BCUT2D eigenvalue weighted by molar-refractivity contribution is 0.321. The monoisotopic (exact) mass is 255 g/mol. The molecule has 0 aliphatic heterocycles. The van der Waals surface area contributed by atoms with Crippen LogP contribution in [0, 0.1) is 5.41 Å². The van der Waals surface area contributed by atoms with Crippen LogP contribution >= 0.6 is 11.6 Å². The second-order valence-electron chi connectivity index (χ2n) is 5.15. The van der Waals surface area contributed by atoms with Crippen LogP contribution in [0.5, 0.6) is 5.75 Å². The van der Waals surface area contributed by atoms with Crippen molar-refractivity contribution >= 4 is 11.6 Å². The molecule has 0 bridgehead atoms. The summed E-state index contributed by atoms with van der Waals surface area (Å²) in [7, 11) is 3.69. The fraction of sp³-hybridized carbons (Fsp3) is 0.571. The molecule has 0 heterocycles. The summed E-state index contributed by atoms with van der Waals surface area (Å²) >= 11 is 6.02. The van der Waals surface area contributed by atoms with Gasteiger partial charge in [-0.25, -0.2) is 0 Å². The highest BCUT2D eigenvalue weighted by Gasteiger charge is 2.17. The first-order valence-corrected chi connectivity index (χ1v) is 6.33. The molecule has 1 rings (SSSR count). The molecule has 96 valence electrons. The minimum Gasteiger partial charge on any atom is -0.496 e. The van der Waals surface area contributed by atoms with Crippen molar-refractivity contribution < 1.29 is 4.74 Å². The van der Waals surface area contributed by atoms with E-state index in [4.69, 9.17) is 16.3 Å². The largest absolute Gasteiger partial charge is 0.496 e. The van der Waals surface area contributed by atoms with Crippen molar-refractivity contribution in [2.75, 3.05) is 20.7 Å². The molecule has 0 unspecified atom stereocenters. The Labute approximate surface area is 109 Å². The van der Waals surface area contributed by atoms with Gasteiger partial charge in [0.05, 0.1) is 7.11 Å². The maximum Gasteiger partial charge on any atom is 0.122 e. The van der Waals surface area contributed by atoms with E-state index < -0.39 is 0 Å². The summed E-state index contributed by atoms with van der Waals surface area (Å²) in [6.45, 7) is 5.54. The van der Waals surface area contributed by atoms with E-state index in [9.17, 15) is 0 Å². The summed E-state index contributed by atoms with van der Waals surface area (Å²) in [5, 5.41) is 4.00. The van der Waals surface area contributed by atoms with Crippen molar-refractivity contribution in [2.45, 2.75) is 26.7 Å².